The van der Waals surface area contributed by atoms with E-state index in [0.717, 1.165) is 28.7 Å². The molecule has 0 N–H and O–H groups in total. The summed E-state index contributed by atoms with van der Waals surface area (Å²) in [6.45, 7) is 0. The quantitative estimate of drug-likeness (QED) is 0.508. The van der Waals surface area contributed by atoms with Crippen molar-refractivity contribution >= 4 is 10.9 Å². The van der Waals surface area contributed by atoms with Crippen LogP contribution in [0.4, 0.5) is 13.2 Å². The van der Waals surface area contributed by atoms with Crippen LogP contribution in [0.25, 0.3) is 28.1 Å². The SMILES string of the molecule is FC(F)(F)c1ccc(-c2cc3ccccc3n2-c2ncccn2)cc1. The van der Waals surface area contributed by atoms with Gasteiger partial charge in [0.15, 0.2) is 0 Å². The average molecular weight is 339 g/mol. The van der Waals surface area contributed by atoms with E-state index in [1.807, 2.05) is 34.9 Å². The van der Waals surface area contributed by atoms with Gasteiger partial charge in [-0.1, -0.05) is 30.3 Å². The van der Waals surface area contributed by atoms with Gasteiger partial charge in [-0.2, -0.15) is 13.2 Å². The molecule has 0 radical (unpaired) electrons. The largest absolute Gasteiger partial charge is 0.416 e. The third-order valence-corrected chi connectivity index (χ3v) is 3.97. The molecule has 0 spiro atoms. The molecule has 2 aromatic heterocycles. The van der Waals surface area contributed by atoms with Crippen molar-refractivity contribution in [1.29, 1.82) is 0 Å². The van der Waals surface area contributed by atoms with Crippen LogP contribution in [-0.4, -0.2) is 14.5 Å². The second-order valence-corrected chi connectivity index (χ2v) is 5.55. The number of para-hydroxylation sites is 1. The predicted molar refractivity (Wildman–Crippen MR) is 89.3 cm³/mol. The molecule has 0 saturated heterocycles. The first-order chi connectivity index (χ1) is 12.0. The Kier molecular flexibility index (Phi) is 3.53. The second kappa shape index (κ2) is 5.73. The van der Waals surface area contributed by atoms with Crippen LogP contribution in [0.15, 0.2) is 73.1 Å². The minimum Gasteiger partial charge on any atom is -0.278 e. The molecule has 0 aliphatic carbocycles. The first-order valence-electron chi connectivity index (χ1n) is 7.59. The number of alkyl halides is 3. The molecule has 3 nitrogen and oxygen atoms in total. The number of hydrogen-bond donors (Lipinski definition) is 0. The molecule has 0 aliphatic heterocycles. The molecule has 4 aromatic rings. The first kappa shape index (κ1) is 15.4. The molecule has 25 heavy (non-hydrogen) atoms. The molecule has 0 saturated carbocycles. The highest BCUT2D eigenvalue weighted by molar-refractivity contribution is 5.88. The number of fused-ring (bicyclic) bond motifs is 1. The average Bonchev–Trinajstić information content (AvgIpc) is 3.01. The maximum absolute atomic E-state index is 12.8. The molecule has 124 valence electrons. The lowest BCUT2D eigenvalue weighted by Gasteiger charge is -2.10. The van der Waals surface area contributed by atoms with Gasteiger partial charge < -0.3 is 0 Å². The number of aromatic nitrogens is 3. The van der Waals surface area contributed by atoms with E-state index in [0.29, 0.717) is 11.5 Å². The monoisotopic (exact) mass is 339 g/mol. The third kappa shape index (κ3) is 2.76. The summed E-state index contributed by atoms with van der Waals surface area (Å²) in [5.41, 5.74) is 1.62. The van der Waals surface area contributed by atoms with Crippen molar-refractivity contribution in [2.75, 3.05) is 0 Å². The molecule has 6 heteroatoms. The van der Waals surface area contributed by atoms with Gasteiger partial charge in [0.1, 0.15) is 0 Å². The van der Waals surface area contributed by atoms with E-state index >= 15 is 0 Å². The summed E-state index contributed by atoms with van der Waals surface area (Å²) in [5.74, 6) is 0.471. The van der Waals surface area contributed by atoms with Crippen LogP contribution in [0.3, 0.4) is 0 Å². The van der Waals surface area contributed by atoms with Crippen LogP contribution in [0.5, 0.6) is 0 Å². The molecule has 0 bridgehead atoms. The van der Waals surface area contributed by atoms with Gasteiger partial charge in [-0.3, -0.25) is 4.57 Å². The van der Waals surface area contributed by atoms with Crippen LogP contribution in [-0.2, 0) is 6.18 Å². The Morgan fingerprint density at radius 1 is 0.800 bits per heavy atom. The Morgan fingerprint density at radius 2 is 1.48 bits per heavy atom. The van der Waals surface area contributed by atoms with Gasteiger partial charge >= 0.3 is 6.18 Å². The molecule has 4 rings (SSSR count). The number of benzene rings is 2. The summed E-state index contributed by atoms with van der Waals surface area (Å²) in [4.78, 5) is 8.57. The summed E-state index contributed by atoms with van der Waals surface area (Å²) in [5, 5.41) is 0.963. The van der Waals surface area contributed by atoms with Crippen molar-refractivity contribution in [3.05, 3.63) is 78.6 Å². The third-order valence-electron chi connectivity index (χ3n) is 3.97. The van der Waals surface area contributed by atoms with Gasteiger partial charge in [-0.05, 0) is 35.9 Å². The normalized spacial score (nSPS) is 11.8. The summed E-state index contributed by atoms with van der Waals surface area (Å²) >= 11 is 0. The van der Waals surface area contributed by atoms with Crippen LogP contribution in [0.1, 0.15) is 5.56 Å². The zero-order valence-corrected chi connectivity index (χ0v) is 12.9. The lowest BCUT2D eigenvalue weighted by molar-refractivity contribution is -0.137. The summed E-state index contributed by atoms with van der Waals surface area (Å²) < 4.78 is 40.3. The van der Waals surface area contributed by atoms with E-state index in [2.05, 4.69) is 9.97 Å². The van der Waals surface area contributed by atoms with E-state index in [1.165, 1.54) is 12.1 Å². The van der Waals surface area contributed by atoms with E-state index in [9.17, 15) is 13.2 Å². The van der Waals surface area contributed by atoms with Gasteiger partial charge in [0, 0.05) is 17.8 Å². The fourth-order valence-corrected chi connectivity index (χ4v) is 2.82. The Balaban J connectivity index is 1.93. The minimum atomic E-state index is -4.35. The maximum atomic E-state index is 12.8. The van der Waals surface area contributed by atoms with Crippen molar-refractivity contribution in [1.82, 2.24) is 14.5 Å². The number of nitrogens with zero attached hydrogens (tertiary/aromatic N) is 3. The van der Waals surface area contributed by atoms with Crippen LogP contribution < -0.4 is 0 Å². The minimum absolute atomic E-state index is 0.471. The molecular formula is C19H12F3N3. The zero-order valence-electron chi connectivity index (χ0n) is 12.9. The molecule has 0 unspecified atom stereocenters. The second-order valence-electron chi connectivity index (χ2n) is 5.55. The summed E-state index contributed by atoms with van der Waals surface area (Å²) in [7, 11) is 0. The fraction of sp³-hybridized carbons (Fsp3) is 0.0526. The van der Waals surface area contributed by atoms with Crippen LogP contribution >= 0.6 is 0 Å². The summed E-state index contributed by atoms with van der Waals surface area (Å²) in [6.07, 6.45) is -1.09. The van der Waals surface area contributed by atoms with Crippen LogP contribution in [0, 0.1) is 0 Å². The number of hydrogen-bond acceptors (Lipinski definition) is 2. The van der Waals surface area contributed by atoms with Crippen molar-refractivity contribution in [3.63, 3.8) is 0 Å². The van der Waals surface area contributed by atoms with Gasteiger partial charge in [0.2, 0.25) is 5.95 Å². The maximum Gasteiger partial charge on any atom is 0.416 e. The van der Waals surface area contributed by atoms with Gasteiger partial charge in [-0.15, -0.1) is 0 Å². The Bertz CT molecular complexity index is 1020. The van der Waals surface area contributed by atoms with Gasteiger partial charge in [0.05, 0.1) is 16.8 Å². The van der Waals surface area contributed by atoms with E-state index in [-0.39, 0.29) is 0 Å². The molecular weight excluding hydrogens is 327 g/mol. The predicted octanol–water partition coefficient (Wildman–Crippen LogP) is 5.11. The highest BCUT2D eigenvalue weighted by Crippen LogP contribution is 2.33. The molecule has 2 heterocycles. The smallest absolute Gasteiger partial charge is 0.278 e. The fourth-order valence-electron chi connectivity index (χ4n) is 2.82. The molecule has 2 aromatic carbocycles. The van der Waals surface area contributed by atoms with E-state index in [1.54, 1.807) is 18.5 Å². The highest BCUT2D eigenvalue weighted by Gasteiger charge is 2.30. The topological polar surface area (TPSA) is 30.7 Å². The van der Waals surface area contributed by atoms with Crippen LogP contribution in [0.2, 0.25) is 0 Å². The molecule has 0 aliphatic rings. The highest BCUT2D eigenvalue weighted by atomic mass is 19.4. The zero-order chi connectivity index (χ0) is 17.4. The molecule has 0 amide bonds. The van der Waals surface area contributed by atoms with Gasteiger partial charge in [-0.25, -0.2) is 9.97 Å². The van der Waals surface area contributed by atoms with Gasteiger partial charge in [0.25, 0.3) is 0 Å². The van der Waals surface area contributed by atoms with Crippen molar-refractivity contribution in [2.24, 2.45) is 0 Å². The number of rotatable bonds is 2. The molecule has 0 fully saturated rings. The number of halogens is 3. The molecule has 0 atom stereocenters. The van der Waals surface area contributed by atoms with Crippen molar-refractivity contribution in [3.8, 4) is 17.2 Å². The van der Waals surface area contributed by atoms with E-state index < -0.39 is 11.7 Å². The Hall–Kier alpha value is -3.15. The Morgan fingerprint density at radius 3 is 2.16 bits per heavy atom. The first-order valence-corrected chi connectivity index (χ1v) is 7.59. The Labute approximate surface area is 141 Å². The van der Waals surface area contributed by atoms with Crippen molar-refractivity contribution in [2.45, 2.75) is 6.18 Å². The van der Waals surface area contributed by atoms with E-state index in [4.69, 9.17) is 0 Å². The summed E-state index contributed by atoms with van der Waals surface area (Å²) in [6, 6.07) is 16.4. The lowest BCUT2D eigenvalue weighted by Crippen LogP contribution is -2.05. The van der Waals surface area contributed by atoms with Crippen molar-refractivity contribution < 1.29 is 13.2 Å². The lowest BCUT2D eigenvalue weighted by atomic mass is 10.1. The standard InChI is InChI=1S/C19H12F3N3/c20-19(21,22)15-8-6-13(7-9-15)17-12-14-4-1-2-5-16(14)25(17)18-23-10-3-11-24-18/h1-12H.